The maximum atomic E-state index is 13.4. The molecule has 4 heteroatoms. The van der Waals surface area contributed by atoms with Crippen LogP contribution in [0, 0.1) is 11.6 Å². The third-order valence-corrected chi connectivity index (χ3v) is 2.91. The highest BCUT2D eigenvalue weighted by Crippen LogP contribution is 2.19. The van der Waals surface area contributed by atoms with Crippen molar-refractivity contribution >= 4 is 0 Å². The molecule has 0 saturated heterocycles. The zero-order valence-electron chi connectivity index (χ0n) is 9.46. The quantitative estimate of drug-likeness (QED) is 0.879. The van der Waals surface area contributed by atoms with E-state index in [1.54, 1.807) is 12.3 Å². The molecular formula is C13H15F2NO. The van der Waals surface area contributed by atoms with Crippen LogP contribution in [-0.4, -0.2) is 12.6 Å². The smallest absolute Gasteiger partial charge is 0.162 e. The minimum atomic E-state index is -0.830. The van der Waals surface area contributed by atoms with E-state index in [1.165, 1.54) is 6.07 Å². The topological polar surface area (TPSA) is 35.2 Å². The Morgan fingerprint density at radius 2 is 2.18 bits per heavy atom. The minimum Gasteiger partial charge on any atom is -0.501 e. The van der Waals surface area contributed by atoms with Crippen molar-refractivity contribution in [1.82, 2.24) is 0 Å². The third-order valence-electron chi connectivity index (χ3n) is 2.91. The first-order chi connectivity index (χ1) is 8.18. The van der Waals surface area contributed by atoms with Crippen molar-refractivity contribution in [3.05, 3.63) is 47.2 Å². The third kappa shape index (κ3) is 2.82. The molecule has 1 aliphatic rings. The first-order valence-electron chi connectivity index (χ1n) is 5.67. The molecule has 2 rings (SSSR count). The Labute approximate surface area is 99.1 Å². The SMILES string of the molecule is NC(Cc1cccc(F)c1F)C1=COCCC1. The number of halogens is 2. The molecule has 1 unspecified atom stereocenters. The molecule has 0 spiro atoms. The van der Waals surface area contributed by atoms with Crippen molar-refractivity contribution in [2.24, 2.45) is 5.73 Å². The lowest BCUT2D eigenvalue weighted by molar-refractivity contribution is 0.221. The van der Waals surface area contributed by atoms with Crippen LogP contribution in [0.4, 0.5) is 8.78 Å². The summed E-state index contributed by atoms with van der Waals surface area (Å²) in [4.78, 5) is 0. The summed E-state index contributed by atoms with van der Waals surface area (Å²) >= 11 is 0. The van der Waals surface area contributed by atoms with E-state index in [4.69, 9.17) is 10.5 Å². The summed E-state index contributed by atoms with van der Waals surface area (Å²) in [6, 6.07) is 3.84. The average Bonchev–Trinajstić information content (AvgIpc) is 2.36. The fraction of sp³-hybridized carbons (Fsp3) is 0.385. The predicted octanol–water partition coefficient (Wildman–Crippen LogP) is 2.53. The minimum absolute atomic E-state index is 0.290. The molecule has 1 aliphatic heterocycles. The number of ether oxygens (including phenoxy) is 1. The number of hydrogen-bond acceptors (Lipinski definition) is 2. The van der Waals surface area contributed by atoms with Gasteiger partial charge in [0.2, 0.25) is 0 Å². The second kappa shape index (κ2) is 5.27. The van der Waals surface area contributed by atoms with Crippen LogP contribution in [0.15, 0.2) is 30.0 Å². The summed E-state index contributed by atoms with van der Waals surface area (Å²) in [5.41, 5.74) is 7.23. The molecule has 0 saturated carbocycles. The van der Waals surface area contributed by atoms with Crippen LogP contribution in [0.25, 0.3) is 0 Å². The molecule has 0 radical (unpaired) electrons. The maximum absolute atomic E-state index is 13.4. The Bertz CT molecular complexity index is 431. The fourth-order valence-electron chi connectivity index (χ4n) is 1.93. The van der Waals surface area contributed by atoms with Gasteiger partial charge in [-0.2, -0.15) is 0 Å². The average molecular weight is 239 g/mol. The zero-order chi connectivity index (χ0) is 12.3. The van der Waals surface area contributed by atoms with Crippen molar-refractivity contribution in [1.29, 1.82) is 0 Å². The Morgan fingerprint density at radius 1 is 1.35 bits per heavy atom. The van der Waals surface area contributed by atoms with E-state index in [-0.39, 0.29) is 6.04 Å². The van der Waals surface area contributed by atoms with Gasteiger partial charge >= 0.3 is 0 Å². The van der Waals surface area contributed by atoms with Gasteiger partial charge in [-0.1, -0.05) is 12.1 Å². The molecule has 92 valence electrons. The lowest BCUT2D eigenvalue weighted by Gasteiger charge is -2.20. The molecule has 17 heavy (non-hydrogen) atoms. The number of benzene rings is 1. The molecule has 2 nitrogen and oxygen atoms in total. The maximum Gasteiger partial charge on any atom is 0.162 e. The van der Waals surface area contributed by atoms with E-state index in [1.807, 2.05) is 0 Å². The Morgan fingerprint density at radius 3 is 2.88 bits per heavy atom. The zero-order valence-corrected chi connectivity index (χ0v) is 9.46. The normalized spacial score (nSPS) is 17.2. The molecule has 2 N–H and O–H groups in total. The second-order valence-corrected chi connectivity index (χ2v) is 4.19. The summed E-state index contributed by atoms with van der Waals surface area (Å²) in [5.74, 6) is -1.64. The lowest BCUT2D eigenvalue weighted by atomic mass is 9.96. The highest BCUT2D eigenvalue weighted by Gasteiger charge is 2.16. The first kappa shape index (κ1) is 12.0. The highest BCUT2D eigenvalue weighted by molar-refractivity contribution is 5.23. The van der Waals surface area contributed by atoms with Gasteiger partial charge in [0.1, 0.15) is 0 Å². The van der Waals surface area contributed by atoms with Gasteiger partial charge in [0.05, 0.1) is 12.9 Å². The molecule has 1 aromatic rings. The summed E-state index contributed by atoms with van der Waals surface area (Å²) in [7, 11) is 0. The van der Waals surface area contributed by atoms with Crippen molar-refractivity contribution in [3.8, 4) is 0 Å². The summed E-state index contributed by atoms with van der Waals surface area (Å²) in [5, 5.41) is 0. The summed E-state index contributed by atoms with van der Waals surface area (Å²) in [6.45, 7) is 0.699. The van der Waals surface area contributed by atoms with Crippen LogP contribution < -0.4 is 5.73 Å². The van der Waals surface area contributed by atoms with Gasteiger partial charge < -0.3 is 10.5 Å². The highest BCUT2D eigenvalue weighted by atomic mass is 19.2. The van der Waals surface area contributed by atoms with Crippen molar-refractivity contribution in [3.63, 3.8) is 0 Å². The molecule has 1 aromatic carbocycles. The van der Waals surface area contributed by atoms with Gasteiger partial charge in [0.25, 0.3) is 0 Å². The van der Waals surface area contributed by atoms with Crippen LogP contribution in [0.3, 0.4) is 0 Å². The Kier molecular flexibility index (Phi) is 3.74. The van der Waals surface area contributed by atoms with Crippen LogP contribution in [0.5, 0.6) is 0 Å². The number of rotatable bonds is 3. The molecular weight excluding hydrogens is 224 g/mol. The van der Waals surface area contributed by atoms with Crippen LogP contribution >= 0.6 is 0 Å². The van der Waals surface area contributed by atoms with E-state index < -0.39 is 11.6 Å². The molecule has 0 fully saturated rings. The summed E-state index contributed by atoms with van der Waals surface area (Å²) in [6.07, 6.45) is 3.72. The lowest BCUT2D eigenvalue weighted by Crippen LogP contribution is -2.27. The largest absolute Gasteiger partial charge is 0.501 e. The standard InChI is InChI=1S/C13H15F2NO/c14-11-5-1-3-9(13(11)15)7-12(16)10-4-2-6-17-8-10/h1,3,5,8,12H,2,4,6-7,16H2. The van der Waals surface area contributed by atoms with E-state index in [2.05, 4.69) is 0 Å². The molecule has 0 amide bonds. The van der Waals surface area contributed by atoms with Gasteiger partial charge in [-0.25, -0.2) is 8.78 Å². The number of nitrogens with two attached hydrogens (primary N) is 1. The van der Waals surface area contributed by atoms with Gasteiger partial charge in [-0.05, 0) is 36.5 Å². The Hall–Kier alpha value is -1.42. The van der Waals surface area contributed by atoms with Gasteiger partial charge in [-0.3, -0.25) is 0 Å². The Balaban J connectivity index is 2.10. The first-order valence-corrected chi connectivity index (χ1v) is 5.67. The van der Waals surface area contributed by atoms with E-state index >= 15 is 0 Å². The van der Waals surface area contributed by atoms with Crippen molar-refractivity contribution in [2.45, 2.75) is 25.3 Å². The van der Waals surface area contributed by atoms with Crippen LogP contribution in [-0.2, 0) is 11.2 Å². The second-order valence-electron chi connectivity index (χ2n) is 4.19. The fourth-order valence-corrected chi connectivity index (χ4v) is 1.93. The van der Waals surface area contributed by atoms with Gasteiger partial charge in [0, 0.05) is 6.04 Å². The monoisotopic (exact) mass is 239 g/mol. The van der Waals surface area contributed by atoms with E-state index in [9.17, 15) is 8.78 Å². The molecule has 0 aliphatic carbocycles. The van der Waals surface area contributed by atoms with Crippen molar-refractivity contribution < 1.29 is 13.5 Å². The molecule has 0 bridgehead atoms. The van der Waals surface area contributed by atoms with Crippen LogP contribution in [0.2, 0.25) is 0 Å². The van der Waals surface area contributed by atoms with E-state index in [0.29, 0.717) is 18.6 Å². The summed E-state index contributed by atoms with van der Waals surface area (Å²) < 4.78 is 31.6. The predicted molar refractivity (Wildman–Crippen MR) is 61.3 cm³/mol. The van der Waals surface area contributed by atoms with Crippen molar-refractivity contribution in [2.75, 3.05) is 6.61 Å². The van der Waals surface area contributed by atoms with Gasteiger partial charge in [-0.15, -0.1) is 0 Å². The molecule has 1 atom stereocenters. The van der Waals surface area contributed by atoms with E-state index in [0.717, 1.165) is 24.5 Å². The van der Waals surface area contributed by atoms with Crippen LogP contribution in [0.1, 0.15) is 18.4 Å². The molecule has 0 aromatic heterocycles. The number of hydrogen-bond donors (Lipinski definition) is 1. The van der Waals surface area contributed by atoms with Gasteiger partial charge in [0.15, 0.2) is 11.6 Å². The molecule has 1 heterocycles.